The van der Waals surface area contributed by atoms with Crippen LogP contribution in [0.5, 0.6) is 0 Å². The lowest BCUT2D eigenvalue weighted by Gasteiger charge is -2.24. The van der Waals surface area contributed by atoms with Gasteiger partial charge in [0.05, 0.1) is 10.9 Å². The van der Waals surface area contributed by atoms with Gasteiger partial charge in [0.25, 0.3) is 5.91 Å². The van der Waals surface area contributed by atoms with Gasteiger partial charge >= 0.3 is 5.97 Å². The number of hydrogen-bond donors (Lipinski definition) is 4. The second-order valence-electron chi connectivity index (χ2n) is 8.61. The van der Waals surface area contributed by atoms with Crippen LogP contribution in [-0.4, -0.2) is 46.3 Å². The van der Waals surface area contributed by atoms with Gasteiger partial charge in [0.1, 0.15) is 18.2 Å². The molecule has 0 radical (unpaired) electrons. The maximum Gasteiger partial charge on any atom is 0.329 e. The molecule has 0 unspecified atom stereocenters. The van der Waals surface area contributed by atoms with E-state index in [0.29, 0.717) is 10.6 Å². The number of nitrogens with one attached hydrogen (secondary N) is 2. The standard InChI is InChI=1S/C27H29ClN2O6/c28-22-16-7-4-11-19(22)12-8-15-21(24(31)26(33)30-35)25(32)29-23(17-18-9-2-1-3-10-18)27(34)36-20-13-5-6-14-20/h1-4,7,9-11,16,20-21,23-24,31,35H,5-6,13-15,17H2,(H,29,32)(H,30,33)/t21-,23+,24+/m1/s1. The molecule has 8 nitrogen and oxygen atoms in total. The molecule has 4 N–H and O–H groups in total. The van der Waals surface area contributed by atoms with Crippen molar-refractivity contribution in [2.24, 2.45) is 5.92 Å². The van der Waals surface area contributed by atoms with Gasteiger partial charge in [-0.3, -0.25) is 14.8 Å². The van der Waals surface area contributed by atoms with Crippen LogP contribution in [-0.2, 0) is 25.5 Å². The number of esters is 1. The molecular weight excluding hydrogens is 484 g/mol. The molecule has 36 heavy (non-hydrogen) atoms. The molecule has 1 fully saturated rings. The number of rotatable bonds is 9. The van der Waals surface area contributed by atoms with Crippen molar-refractivity contribution >= 4 is 29.4 Å². The Morgan fingerprint density at radius 3 is 2.36 bits per heavy atom. The molecule has 190 valence electrons. The van der Waals surface area contributed by atoms with E-state index in [-0.39, 0.29) is 18.9 Å². The number of ether oxygens (including phenoxy) is 1. The van der Waals surface area contributed by atoms with Crippen LogP contribution >= 0.6 is 11.6 Å². The number of amides is 2. The summed E-state index contributed by atoms with van der Waals surface area (Å²) in [7, 11) is 0. The molecule has 0 aromatic heterocycles. The highest BCUT2D eigenvalue weighted by Crippen LogP contribution is 2.22. The zero-order valence-corrected chi connectivity index (χ0v) is 20.4. The first-order valence-electron chi connectivity index (χ1n) is 11.8. The van der Waals surface area contributed by atoms with Gasteiger partial charge in [-0.15, -0.1) is 0 Å². The number of aliphatic hydroxyl groups excluding tert-OH is 1. The molecule has 1 saturated carbocycles. The first kappa shape index (κ1) is 27.2. The third-order valence-corrected chi connectivity index (χ3v) is 6.31. The van der Waals surface area contributed by atoms with Gasteiger partial charge in [0.15, 0.2) is 0 Å². The second-order valence-corrected chi connectivity index (χ2v) is 9.01. The normalized spacial score (nSPS) is 15.6. The van der Waals surface area contributed by atoms with Gasteiger partial charge in [-0.05, 0) is 43.4 Å². The maximum absolute atomic E-state index is 13.2. The Bertz CT molecular complexity index is 1110. The van der Waals surface area contributed by atoms with Crippen LogP contribution in [0.4, 0.5) is 0 Å². The Morgan fingerprint density at radius 2 is 1.69 bits per heavy atom. The quantitative estimate of drug-likeness (QED) is 0.177. The van der Waals surface area contributed by atoms with Crippen molar-refractivity contribution in [3.05, 3.63) is 70.7 Å². The van der Waals surface area contributed by atoms with Crippen LogP contribution in [0.3, 0.4) is 0 Å². The minimum atomic E-state index is -1.90. The summed E-state index contributed by atoms with van der Waals surface area (Å²) in [4.78, 5) is 38.2. The summed E-state index contributed by atoms with van der Waals surface area (Å²) in [5.74, 6) is 1.69. The monoisotopic (exact) mass is 512 g/mol. The Balaban J connectivity index is 1.79. The number of carbonyl (C=O) groups is 3. The van der Waals surface area contributed by atoms with E-state index < -0.39 is 35.8 Å². The van der Waals surface area contributed by atoms with Gasteiger partial charge < -0.3 is 15.2 Å². The van der Waals surface area contributed by atoms with Crippen molar-refractivity contribution in [3.8, 4) is 11.8 Å². The van der Waals surface area contributed by atoms with Gasteiger partial charge in [0.2, 0.25) is 5.91 Å². The van der Waals surface area contributed by atoms with E-state index in [1.54, 1.807) is 24.3 Å². The fraction of sp³-hybridized carbons (Fsp3) is 0.370. The topological polar surface area (TPSA) is 125 Å². The highest BCUT2D eigenvalue weighted by molar-refractivity contribution is 6.31. The molecule has 9 heteroatoms. The first-order valence-corrected chi connectivity index (χ1v) is 12.2. The van der Waals surface area contributed by atoms with Gasteiger partial charge in [0, 0.05) is 18.4 Å². The molecule has 2 aromatic carbocycles. The summed E-state index contributed by atoms with van der Waals surface area (Å²) >= 11 is 6.11. The predicted molar refractivity (Wildman–Crippen MR) is 133 cm³/mol. The molecule has 0 spiro atoms. The molecule has 3 rings (SSSR count). The molecule has 0 saturated heterocycles. The van der Waals surface area contributed by atoms with Gasteiger partial charge in [-0.25, -0.2) is 10.3 Å². The third kappa shape index (κ3) is 7.82. The first-order chi connectivity index (χ1) is 17.4. The smallest absolute Gasteiger partial charge is 0.329 e. The van der Waals surface area contributed by atoms with Crippen molar-refractivity contribution < 1.29 is 29.4 Å². The molecule has 0 aliphatic heterocycles. The molecule has 0 bridgehead atoms. The van der Waals surface area contributed by atoms with E-state index >= 15 is 0 Å². The Kier molecular flexibility index (Phi) is 10.3. The minimum Gasteiger partial charge on any atom is -0.461 e. The van der Waals surface area contributed by atoms with Crippen molar-refractivity contribution in [1.29, 1.82) is 0 Å². The average Bonchev–Trinajstić information content (AvgIpc) is 3.40. The van der Waals surface area contributed by atoms with Crippen LogP contribution < -0.4 is 10.8 Å². The molecular formula is C27H29ClN2O6. The zero-order valence-electron chi connectivity index (χ0n) is 19.7. The third-order valence-electron chi connectivity index (χ3n) is 5.98. The Hall–Kier alpha value is -3.38. The summed E-state index contributed by atoms with van der Waals surface area (Å²) in [5.41, 5.74) is 2.67. The average molecular weight is 513 g/mol. The molecule has 1 aliphatic carbocycles. The molecule has 0 heterocycles. The van der Waals surface area contributed by atoms with Crippen molar-refractivity contribution in [3.63, 3.8) is 0 Å². The largest absolute Gasteiger partial charge is 0.461 e. The molecule has 3 atom stereocenters. The van der Waals surface area contributed by atoms with E-state index in [1.807, 2.05) is 30.3 Å². The van der Waals surface area contributed by atoms with Crippen LogP contribution in [0.15, 0.2) is 54.6 Å². The summed E-state index contributed by atoms with van der Waals surface area (Å²) < 4.78 is 5.63. The number of hydrogen-bond acceptors (Lipinski definition) is 6. The van der Waals surface area contributed by atoms with Crippen LogP contribution in [0.1, 0.15) is 43.2 Å². The lowest BCUT2D eigenvalue weighted by molar-refractivity contribution is -0.154. The number of benzene rings is 2. The van der Waals surface area contributed by atoms with E-state index in [2.05, 4.69) is 17.2 Å². The fourth-order valence-corrected chi connectivity index (χ4v) is 4.17. The molecule has 2 aromatic rings. The SMILES string of the molecule is O=C(OC1CCCC1)[C@H](Cc1ccccc1)NC(=O)[C@H](CC#Cc1ccccc1Cl)[C@H](O)C(=O)NO. The van der Waals surface area contributed by atoms with Crippen LogP contribution in [0.25, 0.3) is 0 Å². The highest BCUT2D eigenvalue weighted by Gasteiger charge is 2.35. The summed E-state index contributed by atoms with van der Waals surface area (Å²) in [6.07, 6.45) is 1.32. The second kappa shape index (κ2) is 13.6. The van der Waals surface area contributed by atoms with Crippen molar-refractivity contribution in [1.82, 2.24) is 10.8 Å². The van der Waals surface area contributed by atoms with E-state index in [1.165, 1.54) is 5.48 Å². The lowest BCUT2D eigenvalue weighted by Crippen LogP contribution is -2.51. The highest BCUT2D eigenvalue weighted by atomic mass is 35.5. The van der Waals surface area contributed by atoms with Crippen LogP contribution in [0.2, 0.25) is 5.02 Å². The lowest BCUT2D eigenvalue weighted by atomic mass is 9.95. The fourth-order valence-electron chi connectivity index (χ4n) is 3.99. The van der Waals surface area contributed by atoms with E-state index in [0.717, 1.165) is 31.2 Å². The summed E-state index contributed by atoms with van der Waals surface area (Å²) in [5, 5.41) is 22.5. The van der Waals surface area contributed by atoms with Crippen molar-refractivity contribution in [2.45, 2.75) is 56.8 Å². The number of halogens is 1. The van der Waals surface area contributed by atoms with Crippen molar-refractivity contribution in [2.75, 3.05) is 0 Å². The number of aliphatic hydroxyl groups is 1. The Morgan fingerprint density at radius 1 is 1.03 bits per heavy atom. The molecule has 1 aliphatic rings. The Labute approximate surface area is 214 Å². The van der Waals surface area contributed by atoms with Crippen LogP contribution in [0, 0.1) is 17.8 Å². The predicted octanol–water partition coefficient (Wildman–Crippen LogP) is 2.78. The summed E-state index contributed by atoms with van der Waals surface area (Å²) in [6.45, 7) is 0. The summed E-state index contributed by atoms with van der Waals surface area (Å²) in [6, 6.07) is 14.9. The van der Waals surface area contributed by atoms with Gasteiger partial charge in [-0.2, -0.15) is 0 Å². The minimum absolute atomic E-state index is 0.165. The maximum atomic E-state index is 13.2. The zero-order chi connectivity index (χ0) is 25.9. The number of hydroxylamine groups is 1. The van der Waals surface area contributed by atoms with E-state index in [4.69, 9.17) is 21.5 Å². The molecule has 2 amide bonds. The van der Waals surface area contributed by atoms with E-state index in [9.17, 15) is 19.5 Å². The number of carbonyl (C=O) groups excluding carboxylic acids is 3. The van der Waals surface area contributed by atoms with Gasteiger partial charge in [-0.1, -0.05) is 65.9 Å².